The van der Waals surface area contributed by atoms with Crippen molar-refractivity contribution in [1.29, 1.82) is 0 Å². The van der Waals surface area contributed by atoms with Gasteiger partial charge in [-0.25, -0.2) is 15.0 Å². The van der Waals surface area contributed by atoms with Crippen molar-refractivity contribution in [2.24, 2.45) is 0 Å². The number of likely N-dealkylation sites (N-methyl/N-ethyl adjacent to an activating group) is 1. The van der Waals surface area contributed by atoms with E-state index >= 15 is 0 Å². The minimum absolute atomic E-state index is 0.111. The zero-order valence-corrected chi connectivity index (χ0v) is 18.8. The van der Waals surface area contributed by atoms with Crippen LogP contribution in [0, 0.1) is 0 Å². The summed E-state index contributed by atoms with van der Waals surface area (Å²) in [6.45, 7) is 2.60. The average molecular weight is 445 g/mol. The van der Waals surface area contributed by atoms with Crippen molar-refractivity contribution in [3.05, 3.63) is 60.6 Å². The van der Waals surface area contributed by atoms with E-state index in [0.717, 1.165) is 61.0 Å². The van der Waals surface area contributed by atoms with Gasteiger partial charge in [-0.15, -0.1) is 0 Å². The van der Waals surface area contributed by atoms with Gasteiger partial charge in [0.05, 0.1) is 18.3 Å². The summed E-state index contributed by atoms with van der Waals surface area (Å²) in [6.07, 6.45) is 6.91. The van der Waals surface area contributed by atoms with Gasteiger partial charge in [-0.1, -0.05) is 18.2 Å². The maximum Gasteiger partial charge on any atom is 0.241 e. The first kappa shape index (κ1) is 21.2. The largest absolute Gasteiger partial charge is 0.490 e. The molecule has 8 heteroatoms. The number of amides is 1. The number of nitrogens with one attached hydrogen (secondary N) is 1. The zero-order chi connectivity index (χ0) is 22.6. The number of rotatable bonds is 8. The van der Waals surface area contributed by atoms with E-state index < -0.39 is 0 Å². The Labute approximate surface area is 193 Å². The van der Waals surface area contributed by atoms with Crippen LogP contribution in [0.5, 0.6) is 5.75 Å². The predicted molar refractivity (Wildman–Crippen MR) is 127 cm³/mol. The molecular formula is C25H28N6O2. The molecule has 1 aliphatic carbocycles. The van der Waals surface area contributed by atoms with Crippen molar-refractivity contribution in [2.75, 3.05) is 43.4 Å². The van der Waals surface area contributed by atoms with Crippen molar-refractivity contribution in [2.45, 2.75) is 25.4 Å². The minimum Gasteiger partial charge on any atom is -0.490 e. The molecule has 1 saturated carbocycles. The van der Waals surface area contributed by atoms with Gasteiger partial charge in [-0.05, 0) is 43.0 Å². The maximum atomic E-state index is 12.0. The van der Waals surface area contributed by atoms with E-state index in [9.17, 15) is 4.79 Å². The number of pyridine rings is 1. The molecule has 1 aliphatic heterocycles. The number of carbonyl (C=O) groups excluding carboxylic acids is 1. The van der Waals surface area contributed by atoms with Gasteiger partial charge >= 0.3 is 0 Å². The Morgan fingerprint density at radius 2 is 1.97 bits per heavy atom. The zero-order valence-electron chi connectivity index (χ0n) is 18.8. The molecule has 0 unspecified atom stereocenters. The topological polar surface area (TPSA) is 83.5 Å². The van der Waals surface area contributed by atoms with Crippen LogP contribution in [-0.2, 0) is 11.2 Å². The van der Waals surface area contributed by atoms with E-state index in [0.29, 0.717) is 19.2 Å². The van der Waals surface area contributed by atoms with Gasteiger partial charge in [-0.3, -0.25) is 4.79 Å². The summed E-state index contributed by atoms with van der Waals surface area (Å²) >= 11 is 0. The summed E-state index contributed by atoms with van der Waals surface area (Å²) < 4.78 is 6.02. The molecule has 1 saturated heterocycles. The van der Waals surface area contributed by atoms with E-state index in [4.69, 9.17) is 4.74 Å². The molecule has 3 heterocycles. The van der Waals surface area contributed by atoms with Crippen molar-refractivity contribution >= 4 is 17.5 Å². The van der Waals surface area contributed by atoms with Crippen molar-refractivity contribution in [1.82, 2.24) is 19.9 Å². The third-order valence-electron chi connectivity index (χ3n) is 5.98. The number of hydrogen-bond acceptors (Lipinski definition) is 7. The van der Waals surface area contributed by atoms with Crippen LogP contribution in [0.25, 0.3) is 11.3 Å². The molecule has 1 aromatic carbocycles. The number of benzene rings is 1. The quantitative estimate of drug-likeness (QED) is 0.572. The first-order chi connectivity index (χ1) is 16.2. The van der Waals surface area contributed by atoms with Gasteiger partial charge in [-0.2, -0.15) is 0 Å². The maximum absolute atomic E-state index is 12.0. The van der Waals surface area contributed by atoms with E-state index in [2.05, 4.69) is 26.3 Å². The van der Waals surface area contributed by atoms with Gasteiger partial charge < -0.3 is 19.9 Å². The second-order valence-electron chi connectivity index (χ2n) is 8.53. The second-order valence-corrected chi connectivity index (χ2v) is 8.53. The third kappa shape index (κ3) is 5.22. The first-order valence-electron chi connectivity index (χ1n) is 11.4. The van der Waals surface area contributed by atoms with Crippen molar-refractivity contribution < 1.29 is 9.53 Å². The molecule has 8 nitrogen and oxygen atoms in total. The van der Waals surface area contributed by atoms with Crippen LogP contribution in [0.4, 0.5) is 11.6 Å². The number of aromatic nitrogens is 3. The van der Waals surface area contributed by atoms with Crippen LogP contribution in [0.3, 0.4) is 0 Å². The summed E-state index contributed by atoms with van der Waals surface area (Å²) in [5.41, 5.74) is 2.92. The fourth-order valence-corrected chi connectivity index (χ4v) is 3.81. The molecule has 0 atom stereocenters. The van der Waals surface area contributed by atoms with E-state index in [1.165, 1.54) is 5.56 Å². The lowest BCUT2D eigenvalue weighted by atomic mass is 10.1. The van der Waals surface area contributed by atoms with Gasteiger partial charge in [0, 0.05) is 44.5 Å². The van der Waals surface area contributed by atoms with Crippen LogP contribution >= 0.6 is 0 Å². The fraction of sp³-hybridized carbons (Fsp3) is 0.360. The standard InChI is InChI=1S/C25H28N6O2/c1-30-12-13-31(16-25(30)32)24-9-6-19(15-27-24)21-14-23(29-17-28-21)26-11-10-18-4-2-3-5-22(18)33-20-7-8-20/h2-6,9,14-15,17,20H,7-8,10-13,16H2,1H3,(H,26,28,29). The van der Waals surface area contributed by atoms with Gasteiger partial charge in [0.25, 0.3) is 0 Å². The highest BCUT2D eigenvalue weighted by Gasteiger charge is 2.24. The monoisotopic (exact) mass is 444 g/mol. The Kier molecular flexibility index (Phi) is 6.06. The van der Waals surface area contributed by atoms with E-state index in [1.54, 1.807) is 17.4 Å². The number of anilines is 2. The molecule has 2 aromatic heterocycles. The summed E-state index contributed by atoms with van der Waals surface area (Å²) in [7, 11) is 1.83. The second kappa shape index (κ2) is 9.44. The summed E-state index contributed by atoms with van der Waals surface area (Å²) in [5, 5.41) is 3.39. The normalized spacial score (nSPS) is 16.1. The lowest BCUT2D eigenvalue weighted by Crippen LogP contribution is -2.48. The summed E-state index contributed by atoms with van der Waals surface area (Å²) in [5.74, 6) is 2.67. The number of carbonyl (C=O) groups is 1. The Bertz CT molecular complexity index is 1120. The number of nitrogens with zero attached hydrogens (tertiary/aromatic N) is 5. The number of para-hydroxylation sites is 1. The van der Waals surface area contributed by atoms with Gasteiger partial charge in [0.15, 0.2) is 0 Å². The van der Waals surface area contributed by atoms with Crippen LogP contribution < -0.4 is 15.0 Å². The molecule has 1 amide bonds. The molecule has 0 bridgehead atoms. The number of ether oxygens (including phenoxy) is 1. The molecule has 33 heavy (non-hydrogen) atoms. The molecule has 0 radical (unpaired) electrons. The molecule has 2 aliphatic rings. The Balaban J connectivity index is 1.20. The highest BCUT2D eigenvalue weighted by Crippen LogP contribution is 2.29. The van der Waals surface area contributed by atoms with E-state index in [-0.39, 0.29) is 5.91 Å². The van der Waals surface area contributed by atoms with Crippen LogP contribution in [-0.4, -0.2) is 65.1 Å². The van der Waals surface area contributed by atoms with Gasteiger partial charge in [0.1, 0.15) is 23.7 Å². The number of piperazine rings is 1. The van der Waals surface area contributed by atoms with Crippen LogP contribution in [0.1, 0.15) is 18.4 Å². The van der Waals surface area contributed by atoms with Crippen LogP contribution in [0.2, 0.25) is 0 Å². The highest BCUT2D eigenvalue weighted by atomic mass is 16.5. The lowest BCUT2D eigenvalue weighted by molar-refractivity contribution is -0.129. The smallest absolute Gasteiger partial charge is 0.241 e. The first-order valence-corrected chi connectivity index (χ1v) is 11.4. The fourth-order valence-electron chi connectivity index (χ4n) is 3.81. The lowest BCUT2D eigenvalue weighted by Gasteiger charge is -2.32. The number of hydrogen-bond donors (Lipinski definition) is 1. The summed E-state index contributed by atoms with van der Waals surface area (Å²) in [4.78, 5) is 29.1. The molecule has 2 fully saturated rings. The van der Waals surface area contributed by atoms with E-state index in [1.807, 2.05) is 48.3 Å². The third-order valence-corrected chi connectivity index (χ3v) is 5.98. The van der Waals surface area contributed by atoms with Crippen molar-refractivity contribution in [3.8, 4) is 17.0 Å². The Hall–Kier alpha value is -3.68. The molecular weight excluding hydrogens is 416 g/mol. The average Bonchev–Trinajstić information content (AvgIpc) is 3.66. The predicted octanol–water partition coefficient (Wildman–Crippen LogP) is 3.01. The molecule has 170 valence electrons. The van der Waals surface area contributed by atoms with Gasteiger partial charge in [0.2, 0.25) is 5.91 Å². The highest BCUT2D eigenvalue weighted by molar-refractivity contribution is 5.82. The Morgan fingerprint density at radius 3 is 2.76 bits per heavy atom. The molecule has 3 aromatic rings. The van der Waals surface area contributed by atoms with Crippen molar-refractivity contribution in [3.63, 3.8) is 0 Å². The Morgan fingerprint density at radius 1 is 1.09 bits per heavy atom. The summed E-state index contributed by atoms with van der Waals surface area (Å²) in [6, 6.07) is 14.1. The molecule has 5 rings (SSSR count). The minimum atomic E-state index is 0.111. The van der Waals surface area contributed by atoms with Crippen LogP contribution in [0.15, 0.2) is 55.0 Å². The molecule has 0 spiro atoms. The molecule has 1 N–H and O–H groups in total. The SMILES string of the molecule is CN1CCN(c2ccc(-c3cc(NCCc4ccccc4OC4CC4)ncn3)cn2)CC1=O.